The molecule has 0 aliphatic carbocycles. The van der Waals surface area contributed by atoms with Crippen LogP contribution in [-0.4, -0.2) is 40.0 Å². The van der Waals surface area contributed by atoms with Gasteiger partial charge in [0.05, 0.1) is 0 Å². The van der Waals surface area contributed by atoms with Crippen molar-refractivity contribution in [3.63, 3.8) is 0 Å². The first-order valence-corrected chi connectivity index (χ1v) is 8.03. The zero-order chi connectivity index (χ0) is 14.8. The fraction of sp³-hybridized carbons (Fsp3) is 0.733. The average Bonchev–Trinajstić information content (AvgIpc) is 2.90. The van der Waals surface area contributed by atoms with Crippen LogP contribution in [0.15, 0.2) is 6.07 Å². The summed E-state index contributed by atoms with van der Waals surface area (Å²) in [5, 5.41) is 3.62. The van der Waals surface area contributed by atoms with Crippen LogP contribution in [-0.2, 0) is 0 Å². The molecule has 0 bridgehead atoms. The average molecular weight is 290 g/mol. The zero-order valence-corrected chi connectivity index (χ0v) is 13.0. The lowest BCUT2D eigenvalue weighted by atomic mass is 9.99. The molecule has 2 fully saturated rings. The van der Waals surface area contributed by atoms with E-state index in [1.807, 2.05) is 6.07 Å². The molecule has 2 aliphatic heterocycles. The van der Waals surface area contributed by atoms with Crippen molar-refractivity contribution >= 4 is 11.6 Å². The van der Waals surface area contributed by atoms with Crippen molar-refractivity contribution in [3.8, 4) is 0 Å². The number of hydrogen-bond acceptors (Lipinski definition) is 6. The van der Waals surface area contributed by atoms with Crippen LogP contribution in [0.25, 0.3) is 0 Å². The first-order chi connectivity index (χ1) is 10.2. The summed E-state index contributed by atoms with van der Waals surface area (Å²) < 4.78 is 0. The molecule has 2 atom stereocenters. The number of hydrogen-bond donors (Lipinski definition) is 3. The number of fused-ring (bicyclic) bond motifs is 1. The topological polar surface area (TPSA) is 79.1 Å². The van der Waals surface area contributed by atoms with Gasteiger partial charge in [0.2, 0.25) is 0 Å². The third-order valence-corrected chi connectivity index (χ3v) is 4.60. The lowest BCUT2D eigenvalue weighted by Crippen LogP contribution is -2.41. The number of nitrogens with two attached hydrogens (primary N) is 1. The molecular formula is C15H26N6. The molecule has 6 heteroatoms. The van der Waals surface area contributed by atoms with E-state index in [0.717, 1.165) is 11.6 Å². The summed E-state index contributed by atoms with van der Waals surface area (Å²) >= 11 is 0. The Morgan fingerprint density at radius 3 is 2.76 bits per heavy atom. The molecule has 3 heterocycles. The third-order valence-electron chi connectivity index (χ3n) is 4.60. The maximum absolute atomic E-state index is 5.53. The summed E-state index contributed by atoms with van der Waals surface area (Å²) in [7, 11) is 0. The van der Waals surface area contributed by atoms with E-state index in [9.17, 15) is 0 Å². The Balaban J connectivity index is 1.76. The summed E-state index contributed by atoms with van der Waals surface area (Å²) in [6, 6.07) is 3.05. The normalized spacial score (nSPS) is 25.9. The van der Waals surface area contributed by atoms with E-state index in [1.165, 1.54) is 38.8 Å². The Morgan fingerprint density at radius 1 is 1.19 bits per heavy atom. The van der Waals surface area contributed by atoms with Gasteiger partial charge in [-0.3, -0.25) is 4.90 Å². The van der Waals surface area contributed by atoms with Crippen molar-refractivity contribution in [1.82, 2.24) is 14.9 Å². The van der Waals surface area contributed by atoms with Crippen LogP contribution in [0.3, 0.4) is 0 Å². The Labute approximate surface area is 126 Å². The minimum absolute atomic E-state index is 0.286. The summed E-state index contributed by atoms with van der Waals surface area (Å²) in [5.41, 5.74) is 2.64. The third kappa shape index (κ3) is 3.11. The van der Waals surface area contributed by atoms with Gasteiger partial charge in [0.25, 0.3) is 0 Å². The van der Waals surface area contributed by atoms with E-state index >= 15 is 0 Å². The molecule has 0 spiro atoms. The number of rotatable bonds is 4. The molecule has 4 N–H and O–H groups in total. The second-order valence-corrected chi connectivity index (χ2v) is 6.43. The molecule has 116 valence electrons. The number of hydrazine groups is 1. The monoisotopic (exact) mass is 290 g/mol. The Morgan fingerprint density at radius 2 is 2.00 bits per heavy atom. The van der Waals surface area contributed by atoms with Gasteiger partial charge in [-0.2, -0.15) is 0 Å². The largest absolute Gasteiger partial charge is 0.366 e. The number of anilines is 2. The molecule has 2 aliphatic rings. The van der Waals surface area contributed by atoms with E-state index in [0.29, 0.717) is 17.9 Å². The summed E-state index contributed by atoms with van der Waals surface area (Å²) in [6.45, 7) is 6.64. The number of nitrogens with zero attached hydrogens (tertiary/aromatic N) is 3. The Bertz CT molecular complexity index is 489. The zero-order valence-electron chi connectivity index (χ0n) is 13.0. The van der Waals surface area contributed by atoms with Crippen LogP contribution < -0.4 is 16.6 Å². The number of piperidine rings is 1. The highest BCUT2D eigenvalue weighted by Crippen LogP contribution is 2.29. The SMILES string of the molecule is CC(C)c1nc(NN)cc(NC2CCN3CCCCC23)n1. The molecule has 1 aromatic heterocycles. The van der Waals surface area contributed by atoms with Crippen molar-refractivity contribution in [2.45, 2.75) is 57.5 Å². The van der Waals surface area contributed by atoms with Crippen LogP contribution in [0.1, 0.15) is 51.3 Å². The molecule has 0 radical (unpaired) electrons. The van der Waals surface area contributed by atoms with Gasteiger partial charge in [0.15, 0.2) is 0 Å². The fourth-order valence-corrected chi connectivity index (χ4v) is 3.48. The van der Waals surface area contributed by atoms with Crippen molar-refractivity contribution in [2.24, 2.45) is 5.84 Å². The summed E-state index contributed by atoms with van der Waals surface area (Å²) in [6.07, 6.45) is 5.17. The van der Waals surface area contributed by atoms with Crippen molar-refractivity contribution < 1.29 is 0 Å². The minimum atomic E-state index is 0.286. The molecule has 2 unspecified atom stereocenters. The number of aromatic nitrogens is 2. The predicted molar refractivity (Wildman–Crippen MR) is 85.2 cm³/mol. The molecule has 0 amide bonds. The standard InChI is InChI=1S/C15H26N6/c1-10(2)15-18-13(9-14(19-15)20-16)17-11-6-8-21-7-4-3-5-12(11)21/h9-12H,3-8,16H2,1-2H3,(H2,17,18,19,20). The highest BCUT2D eigenvalue weighted by atomic mass is 15.3. The Hall–Kier alpha value is -1.40. The predicted octanol–water partition coefficient (Wildman–Crippen LogP) is 1.92. The minimum Gasteiger partial charge on any atom is -0.366 e. The molecular weight excluding hydrogens is 264 g/mol. The first-order valence-electron chi connectivity index (χ1n) is 8.03. The van der Waals surface area contributed by atoms with Crippen molar-refractivity contribution in [3.05, 3.63) is 11.9 Å². The van der Waals surface area contributed by atoms with Gasteiger partial charge in [-0.05, 0) is 25.8 Å². The number of nitrogens with one attached hydrogen (secondary N) is 2. The first kappa shape index (κ1) is 14.5. The second-order valence-electron chi connectivity index (χ2n) is 6.43. The van der Waals surface area contributed by atoms with Gasteiger partial charge in [0.1, 0.15) is 17.5 Å². The van der Waals surface area contributed by atoms with Gasteiger partial charge in [-0.1, -0.05) is 20.3 Å². The molecule has 21 heavy (non-hydrogen) atoms. The van der Waals surface area contributed by atoms with E-state index in [-0.39, 0.29) is 5.92 Å². The molecule has 2 saturated heterocycles. The highest BCUT2D eigenvalue weighted by Gasteiger charge is 2.35. The summed E-state index contributed by atoms with van der Waals surface area (Å²) in [5.74, 6) is 8.20. The van der Waals surface area contributed by atoms with Crippen LogP contribution in [0.4, 0.5) is 11.6 Å². The van der Waals surface area contributed by atoms with E-state index in [4.69, 9.17) is 5.84 Å². The maximum Gasteiger partial charge on any atom is 0.145 e. The lowest BCUT2D eigenvalue weighted by Gasteiger charge is -2.32. The quantitative estimate of drug-likeness (QED) is 0.581. The molecule has 0 saturated carbocycles. The van der Waals surface area contributed by atoms with E-state index in [1.54, 1.807) is 0 Å². The van der Waals surface area contributed by atoms with Crippen LogP contribution >= 0.6 is 0 Å². The van der Waals surface area contributed by atoms with E-state index in [2.05, 4.69) is 39.5 Å². The molecule has 1 aromatic rings. The second kappa shape index (κ2) is 6.15. The van der Waals surface area contributed by atoms with Crippen LogP contribution in [0.2, 0.25) is 0 Å². The smallest absolute Gasteiger partial charge is 0.145 e. The molecule has 3 rings (SSSR count). The maximum atomic E-state index is 5.53. The summed E-state index contributed by atoms with van der Waals surface area (Å²) in [4.78, 5) is 11.7. The lowest BCUT2D eigenvalue weighted by molar-refractivity contribution is 0.192. The van der Waals surface area contributed by atoms with Gasteiger partial charge in [-0.15, -0.1) is 0 Å². The van der Waals surface area contributed by atoms with Crippen LogP contribution in [0, 0.1) is 0 Å². The Kier molecular flexibility index (Phi) is 4.26. The highest BCUT2D eigenvalue weighted by molar-refractivity contribution is 5.48. The van der Waals surface area contributed by atoms with Crippen molar-refractivity contribution in [1.29, 1.82) is 0 Å². The van der Waals surface area contributed by atoms with Gasteiger partial charge >= 0.3 is 0 Å². The van der Waals surface area contributed by atoms with Gasteiger partial charge < -0.3 is 10.7 Å². The molecule has 6 nitrogen and oxygen atoms in total. The van der Waals surface area contributed by atoms with Gasteiger partial charge in [0, 0.05) is 30.6 Å². The molecule has 0 aromatic carbocycles. The number of nitrogen functional groups attached to an aromatic ring is 1. The fourth-order valence-electron chi connectivity index (χ4n) is 3.48. The van der Waals surface area contributed by atoms with Gasteiger partial charge in [-0.25, -0.2) is 15.8 Å². The van der Waals surface area contributed by atoms with Crippen molar-refractivity contribution in [2.75, 3.05) is 23.8 Å². The van der Waals surface area contributed by atoms with E-state index < -0.39 is 0 Å². The van der Waals surface area contributed by atoms with Crippen LogP contribution in [0.5, 0.6) is 0 Å².